The topological polar surface area (TPSA) is 63.7 Å². The van der Waals surface area contributed by atoms with E-state index in [9.17, 15) is 13.2 Å². The van der Waals surface area contributed by atoms with E-state index >= 15 is 0 Å². The number of ether oxygens (including phenoxy) is 1. The number of sulfone groups is 1. The highest BCUT2D eigenvalue weighted by Gasteiger charge is 2.25. The van der Waals surface area contributed by atoms with Crippen LogP contribution in [0.1, 0.15) is 18.1 Å². The van der Waals surface area contributed by atoms with Crippen molar-refractivity contribution in [2.24, 2.45) is 0 Å². The van der Waals surface area contributed by atoms with Crippen molar-refractivity contribution in [3.63, 3.8) is 0 Å². The van der Waals surface area contributed by atoms with Crippen LogP contribution in [0, 0.1) is 0 Å². The lowest BCUT2D eigenvalue weighted by Crippen LogP contribution is -2.42. The van der Waals surface area contributed by atoms with Crippen LogP contribution in [-0.2, 0) is 19.4 Å². The molecule has 0 bridgehead atoms. The molecule has 1 heterocycles. The molecule has 0 radical (unpaired) electrons. The molecule has 1 aromatic carbocycles. The van der Waals surface area contributed by atoms with Crippen molar-refractivity contribution < 1.29 is 17.9 Å². The van der Waals surface area contributed by atoms with Gasteiger partial charge in [0.2, 0.25) is 5.91 Å². The average Bonchev–Trinajstić information content (AvgIpc) is 2.45. The maximum atomic E-state index is 12.1. The third-order valence-corrected chi connectivity index (χ3v) is 4.55. The normalized spacial score (nSPS) is 19.5. The first-order chi connectivity index (χ1) is 9.85. The van der Waals surface area contributed by atoms with Gasteiger partial charge in [0.15, 0.2) is 0 Å². The fourth-order valence-corrected chi connectivity index (χ4v) is 2.86. The first kappa shape index (κ1) is 16.3. The molecular formula is C14H18ClNO4S. The number of hydrogen-bond donors (Lipinski definition) is 0. The Morgan fingerprint density at radius 1 is 1.38 bits per heavy atom. The van der Waals surface area contributed by atoms with Gasteiger partial charge in [0.25, 0.3) is 0 Å². The van der Waals surface area contributed by atoms with Crippen LogP contribution in [0.25, 0.3) is 0 Å². The lowest BCUT2D eigenvalue weighted by molar-refractivity contribution is -0.138. The van der Waals surface area contributed by atoms with Crippen molar-refractivity contribution in [3.05, 3.63) is 34.9 Å². The zero-order chi connectivity index (χ0) is 15.5. The van der Waals surface area contributed by atoms with E-state index in [0.29, 0.717) is 24.7 Å². The van der Waals surface area contributed by atoms with E-state index in [0.717, 1.165) is 11.8 Å². The third kappa shape index (κ3) is 4.98. The molecule has 1 fully saturated rings. The van der Waals surface area contributed by atoms with E-state index in [4.69, 9.17) is 16.3 Å². The number of rotatable bonds is 4. The molecule has 1 saturated heterocycles. The van der Waals surface area contributed by atoms with E-state index in [1.807, 2.05) is 12.1 Å². The van der Waals surface area contributed by atoms with Crippen molar-refractivity contribution in [1.82, 2.24) is 4.90 Å². The van der Waals surface area contributed by atoms with Gasteiger partial charge in [-0.25, -0.2) is 8.42 Å². The Balaban J connectivity index is 1.97. The van der Waals surface area contributed by atoms with E-state index < -0.39 is 9.84 Å². The number of morpholine rings is 1. The molecule has 7 heteroatoms. The molecule has 1 amide bonds. The molecule has 1 aliphatic heterocycles. The zero-order valence-electron chi connectivity index (χ0n) is 11.8. The molecule has 0 aliphatic carbocycles. The predicted octanol–water partition coefficient (Wildman–Crippen LogP) is 1.67. The summed E-state index contributed by atoms with van der Waals surface area (Å²) >= 11 is 5.85. The second kappa shape index (κ2) is 6.77. The number of halogens is 1. The van der Waals surface area contributed by atoms with Crippen LogP contribution in [0.3, 0.4) is 0 Å². The van der Waals surface area contributed by atoms with Crippen molar-refractivity contribution in [3.8, 4) is 0 Å². The van der Waals surface area contributed by atoms with E-state index in [-0.39, 0.29) is 24.2 Å². The molecule has 1 aromatic rings. The molecular weight excluding hydrogens is 314 g/mol. The van der Waals surface area contributed by atoms with Gasteiger partial charge in [0.1, 0.15) is 15.9 Å². The van der Waals surface area contributed by atoms with E-state index in [1.54, 1.807) is 17.0 Å². The van der Waals surface area contributed by atoms with Gasteiger partial charge < -0.3 is 9.64 Å². The Bertz CT molecular complexity index is 600. The van der Waals surface area contributed by atoms with Gasteiger partial charge in [0.05, 0.1) is 18.9 Å². The Hall–Kier alpha value is -1.11. The minimum Gasteiger partial charge on any atom is -0.370 e. The SMILES string of the molecule is CS(=O)(=O)CCC(=O)N1CCO[C@H](c2ccc(Cl)cc2)C1. The average molecular weight is 332 g/mol. The molecule has 0 N–H and O–H groups in total. The highest BCUT2D eigenvalue weighted by atomic mass is 35.5. The second-order valence-electron chi connectivity index (χ2n) is 5.13. The lowest BCUT2D eigenvalue weighted by atomic mass is 10.1. The molecule has 2 rings (SSSR count). The number of carbonyl (C=O) groups excluding carboxylic acids is 1. The molecule has 1 atom stereocenters. The quantitative estimate of drug-likeness (QED) is 0.842. The van der Waals surface area contributed by atoms with Crippen molar-refractivity contribution in [2.45, 2.75) is 12.5 Å². The largest absolute Gasteiger partial charge is 0.370 e. The first-order valence-corrected chi connectivity index (χ1v) is 9.11. The van der Waals surface area contributed by atoms with Crippen LogP contribution in [0.15, 0.2) is 24.3 Å². The maximum absolute atomic E-state index is 12.1. The smallest absolute Gasteiger partial charge is 0.223 e. The molecule has 116 valence electrons. The summed E-state index contributed by atoms with van der Waals surface area (Å²) in [6, 6.07) is 7.31. The fraction of sp³-hybridized carbons (Fsp3) is 0.500. The maximum Gasteiger partial charge on any atom is 0.223 e. The Morgan fingerprint density at radius 2 is 2.05 bits per heavy atom. The highest BCUT2D eigenvalue weighted by Crippen LogP contribution is 2.24. The van der Waals surface area contributed by atoms with Gasteiger partial charge in [0, 0.05) is 24.2 Å². The minimum absolute atomic E-state index is 0.0200. The summed E-state index contributed by atoms with van der Waals surface area (Å²) in [5.41, 5.74) is 0.958. The van der Waals surface area contributed by atoms with Crippen LogP contribution in [0.5, 0.6) is 0 Å². The highest BCUT2D eigenvalue weighted by molar-refractivity contribution is 7.90. The lowest BCUT2D eigenvalue weighted by Gasteiger charge is -2.33. The molecule has 0 spiro atoms. The summed E-state index contributed by atoms with van der Waals surface area (Å²) in [7, 11) is -3.12. The summed E-state index contributed by atoms with van der Waals surface area (Å²) in [4.78, 5) is 13.7. The van der Waals surface area contributed by atoms with Gasteiger partial charge in [-0.1, -0.05) is 23.7 Å². The van der Waals surface area contributed by atoms with Crippen LogP contribution in [0.4, 0.5) is 0 Å². The van der Waals surface area contributed by atoms with Crippen molar-refractivity contribution in [1.29, 1.82) is 0 Å². The summed E-state index contributed by atoms with van der Waals surface area (Å²) in [6.07, 6.45) is 0.959. The fourth-order valence-electron chi connectivity index (χ4n) is 2.19. The van der Waals surface area contributed by atoms with Gasteiger partial charge in [-0.15, -0.1) is 0 Å². The third-order valence-electron chi connectivity index (χ3n) is 3.35. The molecule has 0 saturated carbocycles. The number of amides is 1. The number of nitrogens with zero attached hydrogens (tertiary/aromatic N) is 1. The number of hydrogen-bond acceptors (Lipinski definition) is 4. The van der Waals surface area contributed by atoms with E-state index in [2.05, 4.69) is 0 Å². The summed E-state index contributed by atoms with van der Waals surface area (Å²) < 4.78 is 27.9. The molecule has 0 unspecified atom stereocenters. The van der Waals surface area contributed by atoms with Crippen LogP contribution < -0.4 is 0 Å². The van der Waals surface area contributed by atoms with Crippen LogP contribution in [-0.4, -0.2) is 50.9 Å². The molecule has 0 aromatic heterocycles. The van der Waals surface area contributed by atoms with Gasteiger partial charge in [-0.2, -0.15) is 0 Å². The molecule has 1 aliphatic rings. The second-order valence-corrected chi connectivity index (χ2v) is 7.83. The number of carbonyl (C=O) groups is 1. The first-order valence-electron chi connectivity index (χ1n) is 6.68. The van der Waals surface area contributed by atoms with Gasteiger partial charge >= 0.3 is 0 Å². The van der Waals surface area contributed by atoms with E-state index in [1.165, 1.54) is 0 Å². The standard InChI is InChI=1S/C14H18ClNO4S/c1-21(18,19)9-6-14(17)16-7-8-20-13(10-16)11-2-4-12(15)5-3-11/h2-5,13H,6-10H2,1H3/t13-/m0/s1. The van der Waals surface area contributed by atoms with Crippen molar-refractivity contribution >= 4 is 27.3 Å². The molecule has 21 heavy (non-hydrogen) atoms. The monoisotopic (exact) mass is 331 g/mol. The van der Waals surface area contributed by atoms with Gasteiger partial charge in [-0.05, 0) is 17.7 Å². The summed E-state index contributed by atoms with van der Waals surface area (Å²) in [5, 5.41) is 0.649. The predicted molar refractivity (Wildman–Crippen MR) is 81.1 cm³/mol. The molecule has 5 nitrogen and oxygen atoms in total. The Kier molecular flexibility index (Phi) is 5.24. The van der Waals surface area contributed by atoms with Crippen LogP contribution in [0.2, 0.25) is 5.02 Å². The zero-order valence-corrected chi connectivity index (χ0v) is 13.4. The van der Waals surface area contributed by atoms with Crippen molar-refractivity contribution in [2.75, 3.05) is 31.7 Å². The Morgan fingerprint density at radius 3 is 2.67 bits per heavy atom. The Labute approximate surface area is 129 Å². The summed E-state index contributed by atoms with van der Waals surface area (Å²) in [6.45, 7) is 1.37. The summed E-state index contributed by atoms with van der Waals surface area (Å²) in [5.74, 6) is -0.267. The van der Waals surface area contributed by atoms with Gasteiger partial charge in [-0.3, -0.25) is 4.79 Å². The number of benzene rings is 1. The minimum atomic E-state index is -3.12. The van der Waals surface area contributed by atoms with Crippen LogP contribution >= 0.6 is 11.6 Å².